The fraction of sp³-hybridized carbons (Fsp3) is 0.611. The fourth-order valence-electron chi connectivity index (χ4n) is 4.19. The number of benzene rings is 1. The second-order valence-corrected chi connectivity index (χ2v) is 8.68. The average molecular weight is 429 g/mol. The number of hydrogen-bond acceptors (Lipinski definition) is 1. The van der Waals surface area contributed by atoms with Crippen LogP contribution in [0.25, 0.3) is 0 Å². The van der Waals surface area contributed by atoms with Gasteiger partial charge in [0.05, 0.1) is 6.04 Å². The first kappa shape index (κ1) is 16.5. The lowest BCUT2D eigenvalue weighted by Crippen LogP contribution is -2.48. The second kappa shape index (κ2) is 6.64. The van der Waals surface area contributed by atoms with Gasteiger partial charge in [-0.25, -0.2) is 0 Å². The Morgan fingerprint density at radius 3 is 2.59 bits per heavy atom. The molecule has 0 heterocycles. The zero-order valence-corrected chi connectivity index (χ0v) is 16.2. The lowest BCUT2D eigenvalue weighted by molar-refractivity contribution is -0.136. The third kappa shape index (κ3) is 3.14. The molecule has 0 aliphatic heterocycles. The molecule has 1 aromatic rings. The number of rotatable bonds is 3. The summed E-state index contributed by atoms with van der Waals surface area (Å²) in [6, 6.07) is 6.16. The third-order valence-electron chi connectivity index (χ3n) is 5.61. The molecular formula is C18H23Br2NO. The summed E-state index contributed by atoms with van der Waals surface area (Å²) in [5.74, 6) is 0.494. The molecule has 0 aromatic heterocycles. The topological polar surface area (TPSA) is 29.1 Å². The molecule has 2 unspecified atom stereocenters. The van der Waals surface area contributed by atoms with Crippen molar-refractivity contribution in [2.45, 2.75) is 57.9 Å². The predicted molar refractivity (Wildman–Crippen MR) is 96.6 cm³/mol. The van der Waals surface area contributed by atoms with Crippen molar-refractivity contribution >= 4 is 37.8 Å². The lowest BCUT2D eigenvalue weighted by atomic mass is 9.55. The number of nitrogens with one attached hydrogen (secondary N) is 1. The molecule has 120 valence electrons. The molecule has 0 bridgehead atoms. The monoisotopic (exact) mass is 427 g/mol. The van der Waals surface area contributed by atoms with Gasteiger partial charge in [0, 0.05) is 14.9 Å². The first-order chi connectivity index (χ1) is 10.5. The SMILES string of the molecule is CC(NC(=O)C1CCCCC12CCC2)c1ccc(Br)cc1Br. The van der Waals surface area contributed by atoms with Gasteiger partial charge in [-0.15, -0.1) is 0 Å². The summed E-state index contributed by atoms with van der Waals surface area (Å²) in [5, 5.41) is 3.27. The van der Waals surface area contributed by atoms with Crippen molar-refractivity contribution in [3.63, 3.8) is 0 Å². The number of amides is 1. The molecule has 1 amide bonds. The Morgan fingerprint density at radius 1 is 1.23 bits per heavy atom. The van der Waals surface area contributed by atoms with E-state index < -0.39 is 0 Å². The summed E-state index contributed by atoms with van der Waals surface area (Å²) < 4.78 is 2.08. The summed E-state index contributed by atoms with van der Waals surface area (Å²) in [6.45, 7) is 2.07. The molecule has 1 N–H and O–H groups in total. The Kier molecular flexibility index (Phi) is 4.98. The average Bonchev–Trinajstić information content (AvgIpc) is 2.45. The van der Waals surface area contributed by atoms with Crippen molar-refractivity contribution in [3.05, 3.63) is 32.7 Å². The molecule has 3 rings (SSSR count). The minimum atomic E-state index is 0.0361. The van der Waals surface area contributed by atoms with Crippen LogP contribution in [0.15, 0.2) is 27.1 Å². The maximum atomic E-state index is 12.8. The molecule has 1 aromatic carbocycles. The minimum absolute atomic E-state index is 0.0361. The van der Waals surface area contributed by atoms with Crippen LogP contribution in [0.4, 0.5) is 0 Å². The van der Waals surface area contributed by atoms with E-state index in [1.165, 1.54) is 38.5 Å². The van der Waals surface area contributed by atoms with Crippen LogP contribution in [0.1, 0.15) is 63.5 Å². The van der Waals surface area contributed by atoms with E-state index in [1.54, 1.807) is 0 Å². The molecule has 2 aliphatic carbocycles. The van der Waals surface area contributed by atoms with Crippen LogP contribution in [-0.2, 0) is 4.79 Å². The normalized spacial score (nSPS) is 24.6. The van der Waals surface area contributed by atoms with Crippen LogP contribution in [-0.4, -0.2) is 5.91 Å². The Morgan fingerprint density at radius 2 is 1.95 bits per heavy atom. The van der Waals surface area contributed by atoms with Crippen LogP contribution in [0.2, 0.25) is 0 Å². The van der Waals surface area contributed by atoms with Crippen LogP contribution in [0.5, 0.6) is 0 Å². The molecule has 0 saturated heterocycles. The molecule has 2 nitrogen and oxygen atoms in total. The van der Waals surface area contributed by atoms with Gasteiger partial charge in [0.25, 0.3) is 0 Å². The Balaban J connectivity index is 1.70. The largest absolute Gasteiger partial charge is 0.349 e. The zero-order chi connectivity index (χ0) is 15.7. The maximum absolute atomic E-state index is 12.8. The Labute approximate surface area is 149 Å². The zero-order valence-electron chi connectivity index (χ0n) is 13.0. The van der Waals surface area contributed by atoms with Crippen LogP contribution < -0.4 is 5.32 Å². The highest BCUT2D eigenvalue weighted by molar-refractivity contribution is 9.11. The van der Waals surface area contributed by atoms with Crippen molar-refractivity contribution in [3.8, 4) is 0 Å². The van der Waals surface area contributed by atoms with E-state index in [0.717, 1.165) is 20.9 Å². The molecule has 2 aliphatic rings. The van der Waals surface area contributed by atoms with Crippen molar-refractivity contribution in [1.29, 1.82) is 0 Å². The summed E-state index contributed by atoms with van der Waals surface area (Å²) in [6.07, 6.45) is 8.63. The summed E-state index contributed by atoms with van der Waals surface area (Å²) in [5.41, 5.74) is 1.47. The van der Waals surface area contributed by atoms with Gasteiger partial charge in [-0.1, -0.05) is 57.2 Å². The Hall–Kier alpha value is -0.350. The first-order valence-electron chi connectivity index (χ1n) is 8.27. The van der Waals surface area contributed by atoms with Gasteiger partial charge in [-0.3, -0.25) is 4.79 Å². The molecule has 2 fully saturated rings. The molecule has 0 radical (unpaired) electrons. The van der Waals surface area contributed by atoms with Crippen molar-refractivity contribution in [1.82, 2.24) is 5.32 Å². The predicted octanol–water partition coefficient (Wildman–Crippen LogP) is 5.75. The van der Waals surface area contributed by atoms with E-state index in [0.29, 0.717) is 5.41 Å². The van der Waals surface area contributed by atoms with E-state index in [-0.39, 0.29) is 17.9 Å². The van der Waals surface area contributed by atoms with E-state index in [2.05, 4.69) is 50.2 Å². The van der Waals surface area contributed by atoms with Gasteiger partial charge < -0.3 is 5.32 Å². The van der Waals surface area contributed by atoms with E-state index >= 15 is 0 Å². The van der Waals surface area contributed by atoms with Crippen molar-refractivity contribution in [2.75, 3.05) is 0 Å². The molecule has 2 atom stereocenters. The van der Waals surface area contributed by atoms with Crippen LogP contribution >= 0.6 is 31.9 Å². The molecule has 4 heteroatoms. The second-order valence-electron chi connectivity index (χ2n) is 6.91. The highest BCUT2D eigenvalue weighted by atomic mass is 79.9. The van der Waals surface area contributed by atoms with Crippen LogP contribution in [0, 0.1) is 11.3 Å². The van der Waals surface area contributed by atoms with E-state index in [4.69, 9.17) is 0 Å². The molecule has 1 spiro atoms. The van der Waals surface area contributed by atoms with Crippen molar-refractivity contribution < 1.29 is 4.79 Å². The van der Waals surface area contributed by atoms with Crippen molar-refractivity contribution in [2.24, 2.45) is 11.3 Å². The fourth-order valence-corrected chi connectivity index (χ4v) is 5.58. The summed E-state index contributed by atoms with van der Waals surface area (Å²) in [4.78, 5) is 12.8. The van der Waals surface area contributed by atoms with Gasteiger partial charge in [0.15, 0.2) is 0 Å². The van der Waals surface area contributed by atoms with Gasteiger partial charge in [0.2, 0.25) is 5.91 Å². The number of carbonyl (C=O) groups excluding carboxylic acids is 1. The number of halogens is 2. The quantitative estimate of drug-likeness (QED) is 0.652. The molecular weight excluding hydrogens is 406 g/mol. The summed E-state index contributed by atoms with van der Waals surface area (Å²) in [7, 11) is 0. The van der Waals surface area contributed by atoms with Crippen LogP contribution in [0.3, 0.4) is 0 Å². The van der Waals surface area contributed by atoms with E-state index in [9.17, 15) is 4.79 Å². The highest BCUT2D eigenvalue weighted by Crippen LogP contribution is 2.55. The summed E-state index contributed by atoms with van der Waals surface area (Å²) >= 11 is 7.07. The van der Waals surface area contributed by atoms with Gasteiger partial charge in [-0.2, -0.15) is 0 Å². The maximum Gasteiger partial charge on any atom is 0.224 e. The van der Waals surface area contributed by atoms with Gasteiger partial charge in [0.1, 0.15) is 0 Å². The third-order valence-corrected chi connectivity index (χ3v) is 6.79. The number of hydrogen-bond donors (Lipinski definition) is 1. The number of carbonyl (C=O) groups is 1. The Bertz CT molecular complexity index is 568. The minimum Gasteiger partial charge on any atom is -0.349 e. The highest BCUT2D eigenvalue weighted by Gasteiger charge is 2.48. The lowest BCUT2D eigenvalue weighted by Gasteiger charge is -2.50. The van der Waals surface area contributed by atoms with E-state index in [1.807, 2.05) is 12.1 Å². The van der Waals surface area contributed by atoms with Gasteiger partial charge in [-0.05, 0) is 55.7 Å². The molecule has 22 heavy (non-hydrogen) atoms. The first-order valence-corrected chi connectivity index (χ1v) is 9.86. The smallest absolute Gasteiger partial charge is 0.224 e. The van der Waals surface area contributed by atoms with Gasteiger partial charge >= 0.3 is 0 Å². The molecule has 2 saturated carbocycles. The standard InChI is InChI=1S/C18H23Br2NO/c1-12(14-7-6-13(19)11-16(14)20)21-17(22)15-5-2-3-8-18(15)9-4-10-18/h6-7,11-12,15H,2-5,8-10H2,1H3,(H,21,22).